The smallest absolute Gasteiger partial charge is 0.246 e. The number of amides is 11. The maximum Gasteiger partial charge on any atom is 0.246 e. The molecule has 2 aliphatic rings. The molecule has 0 radical (unpaired) electrons. The lowest BCUT2D eigenvalue weighted by molar-refractivity contribution is -0.157. The molecule has 2 saturated heterocycles. The van der Waals surface area contributed by atoms with Gasteiger partial charge in [-0.15, -0.1) is 0 Å². The van der Waals surface area contributed by atoms with E-state index in [1.165, 1.54) is 99.5 Å². The number of morpholine rings is 1. The molecule has 25 nitrogen and oxygen atoms in total. The molecule has 14 atom stereocenters. The molecular formula is C67H120N12O13. The summed E-state index contributed by atoms with van der Waals surface area (Å²) in [5, 5.41) is 23.4. The van der Waals surface area contributed by atoms with Crippen LogP contribution >= 0.6 is 0 Å². The summed E-state index contributed by atoms with van der Waals surface area (Å²) in [6.07, 6.45) is 3.27. The first-order chi connectivity index (χ1) is 42.7. The van der Waals surface area contributed by atoms with Gasteiger partial charge in [0, 0.05) is 62.4 Å². The van der Waals surface area contributed by atoms with Gasteiger partial charge in [-0.3, -0.25) is 57.6 Å². The molecule has 2 heterocycles. The first-order valence-corrected chi connectivity index (χ1v) is 33.4. The molecule has 0 aromatic carbocycles. The number of carbonyl (C=O) groups is 11. The van der Waals surface area contributed by atoms with Crippen LogP contribution in [0, 0.1) is 41.4 Å². The van der Waals surface area contributed by atoms with Gasteiger partial charge in [-0.05, 0) is 114 Å². The molecule has 2 aliphatic heterocycles. The lowest BCUT2D eigenvalue weighted by Gasteiger charge is -2.41. The van der Waals surface area contributed by atoms with Gasteiger partial charge in [-0.1, -0.05) is 102 Å². The predicted octanol–water partition coefficient (Wildman–Crippen LogP) is 2.97. The Hall–Kier alpha value is -6.21. The van der Waals surface area contributed by atoms with Crippen molar-refractivity contribution in [1.29, 1.82) is 0 Å². The minimum atomic E-state index is -1.63. The van der Waals surface area contributed by atoms with Gasteiger partial charge in [0.2, 0.25) is 65.0 Å². The molecule has 0 aromatic heterocycles. The van der Waals surface area contributed by atoms with Crippen molar-refractivity contribution in [3.8, 4) is 0 Å². The Balaban J connectivity index is 3.04. The van der Waals surface area contributed by atoms with Gasteiger partial charge in [0.05, 0.1) is 19.3 Å². The molecule has 0 aliphatic carbocycles. The number of aliphatic hydroxyl groups is 1. The van der Waals surface area contributed by atoms with Crippen molar-refractivity contribution in [3.63, 3.8) is 0 Å². The average molecular weight is 1300 g/mol. The molecule has 0 spiro atoms. The number of hydrogen-bond donors (Lipinski definition) is 5. The number of hydrogen-bond acceptors (Lipinski definition) is 14. The van der Waals surface area contributed by atoms with Crippen molar-refractivity contribution in [3.05, 3.63) is 12.2 Å². The van der Waals surface area contributed by atoms with Crippen LogP contribution in [-0.4, -0.2) is 264 Å². The van der Waals surface area contributed by atoms with Crippen LogP contribution in [0.15, 0.2) is 12.2 Å². The van der Waals surface area contributed by atoms with E-state index in [2.05, 4.69) is 26.2 Å². The zero-order valence-corrected chi connectivity index (χ0v) is 60.3. The Kier molecular flexibility index (Phi) is 33.5. The SMILES string of the molecule is C/C=C/C[C@@H](C)[C@@H](O)[C@H]1C(=O)N[C@@H](CC)C(=O)N(C)[C@H](C)C(=O)N(C)[C@@H]([C@H](C)CCN2CCOCC2)C(=O)N[C@@H](C(C)C)C(=O)N(C)[C@@H](CC(C)C)C(=O)N[C@@H](C)C(=O)N[C@H](C)C(=O)N(C)[C@@H](CC(C)C)C(=O)N(C)[C@@H](CC(C)C)C(=O)N(C)[C@@H](C(C)C)C(=O)N1C. The standard InChI is InChI=1S/C67H120N12O13/c1-25-27-28-44(14)56(80)55-60(84)70-48(26-2)63(87)72(18)47(17)62(86)77(23)54(43(13)29-30-79-31-33-92-34-32-79)59(83)71-52(41(9)10)66(90)73(19)49(35-38(3)4)58(82)68-45(15)57(81)69-46(16)61(85)74(20)50(36-39(5)6)64(88)75(21)51(37-40(7)8)65(89)76(22)53(42(11)12)67(91)78(55)24/h25,27,38-56,80H,26,28-37H2,1-24H3,(H,68,82)(H,69,81)(H,70,84)(H,71,83)/b27-25+/t43-,44-,45+,46-,47-,48+,49+,50+,51+,52+,53+,54+,55+,56-/m1/s1. The molecule has 11 amide bonds. The van der Waals surface area contributed by atoms with Crippen LogP contribution in [0.5, 0.6) is 0 Å². The Morgan fingerprint density at radius 3 is 1.43 bits per heavy atom. The minimum Gasteiger partial charge on any atom is -0.390 e. The van der Waals surface area contributed by atoms with Crippen molar-refractivity contribution in [1.82, 2.24) is 60.5 Å². The highest BCUT2D eigenvalue weighted by atomic mass is 16.5. The number of nitrogens with one attached hydrogen (secondary N) is 4. The molecule has 526 valence electrons. The highest BCUT2D eigenvalue weighted by molar-refractivity contribution is 6.00. The van der Waals surface area contributed by atoms with Gasteiger partial charge in [-0.25, -0.2) is 0 Å². The van der Waals surface area contributed by atoms with Crippen LogP contribution in [0.25, 0.3) is 0 Å². The Bertz CT molecular complexity index is 2520. The Morgan fingerprint density at radius 2 is 0.946 bits per heavy atom. The highest BCUT2D eigenvalue weighted by Crippen LogP contribution is 2.26. The predicted molar refractivity (Wildman–Crippen MR) is 355 cm³/mol. The van der Waals surface area contributed by atoms with Gasteiger partial charge >= 0.3 is 0 Å². The van der Waals surface area contributed by atoms with Crippen molar-refractivity contribution >= 4 is 65.0 Å². The molecule has 0 aromatic rings. The van der Waals surface area contributed by atoms with Crippen molar-refractivity contribution in [2.24, 2.45) is 41.4 Å². The van der Waals surface area contributed by atoms with E-state index in [9.17, 15) is 33.9 Å². The summed E-state index contributed by atoms with van der Waals surface area (Å²) in [5.41, 5.74) is 0. The fourth-order valence-electron chi connectivity index (χ4n) is 12.2. The molecule has 2 fully saturated rings. The van der Waals surface area contributed by atoms with Gasteiger partial charge in [0.1, 0.15) is 66.5 Å². The van der Waals surface area contributed by atoms with Crippen molar-refractivity contribution < 1.29 is 62.6 Å². The first kappa shape index (κ1) is 81.9. The molecule has 0 unspecified atom stereocenters. The van der Waals surface area contributed by atoms with Crippen molar-refractivity contribution in [2.45, 2.75) is 229 Å². The van der Waals surface area contributed by atoms with Gasteiger partial charge in [0.15, 0.2) is 0 Å². The molecule has 25 heteroatoms. The number of rotatable bonds is 17. The summed E-state index contributed by atoms with van der Waals surface area (Å²) in [5.74, 6) is -10.2. The number of likely N-dealkylation sites (N-methyl/N-ethyl adjacent to an activating group) is 7. The number of ether oxygens (including phenoxy) is 1. The lowest BCUT2D eigenvalue weighted by atomic mass is 9.91. The maximum atomic E-state index is 15.3. The number of nitrogens with zero attached hydrogens (tertiary/aromatic N) is 8. The number of aliphatic hydroxyl groups excluding tert-OH is 1. The van der Waals surface area contributed by atoms with Crippen LogP contribution in [0.1, 0.15) is 156 Å². The molecule has 5 N–H and O–H groups in total. The van der Waals surface area contributed by atoms with Crippen LogP contribution in [0.4, 0.5) is 0 Å². The fraction of sp³-hybridized carbons (Fsp3) is 0.806. The van der Waals surface area contributed by atoms with Crippen LogP contribution < -0.4 is 21.3 Å². The van der Waals surface area contributed by atoms with Crippen LogP contribution in [-0.2, 0) is 57.5 Å². The summed E-state index contributed by atoms with van der Waals surface area (Å²) in [6, 6.07) is -13.8. The normalized spacial score (nSPS) is 28.1. The van der Waals surface area contributed by atoms with E-state index in [1.54, 1.807) is 54.5 Å². The summed E-state index contributed by atoms with van der Waals surface area (Å²) in [7, 11) is 10.0. The van der Waals surface area contributed by atoms with E-state index >= 15 is 24.0 Å². The molecule has 92 heavy (non-hydrogen) atoms. The van der Waals surface area contributed by atoms with E-state index < -0.39 is 161 Å². The summed E-state index contributed by atoms with van der Waals surface area (Å²) in [4.78, 5) is 174. The Labute approximate surface area is 550 Å². The highest BCUT2D eigenvalue weighted by Gasteiger charge is 2.46. The second-order valence-electron chi connectivity index (χ2n) is 28.0. The molecule has 0 bridgehead atoms. The topological polar surface area (TPSA) is 291 Å². The van der Waals surface area contributed by atoms with E-state index in [0.29, 0.717) is 45.7 Å². The van der Waals surface area contributed by atoms with Crippen molar-refractivity contribution in [2.75, 3.05) is 82.2 Å². The van der Waals surface area contributed by atoms with E-state index in [-0.39, 0.29) is 43.4 Å². The number of allylic oxidation sites excluding steroid dienone is 2. The summed E-state index contributed by atoms with van der Waals surface area (Å²) < 4.78 is 5.57. The van der Waals surface area contributed by atoms with Gasteiger partial charge < -0.3 is 65.4 Å². The second-order valence-corrected chi connectivity index (χ2v) is 28.0. The molecule has 2 rings (SSSR count). The van der Waals surface area contributed by atoms with E-state index in [1.807, 2.05) is 54.5 Å². The zero-order valence-electron chi connectivity index (χ0n) is 60.3. The van der Waals surface area contributed by atoms with Gasteiger partial charge in [-0.2, -0.15) is 0 Å². The van der Waals surface area contributed by atoms with Crippen LogP contribution in [0.2, 0.25) is 0 Å². The summed E-state index contributed by atoms with van der Waals surface area (Å²) >= 11 is 0. The quantitative estimate of drug-likeness (QED) is 0.131. The zero-order chi connectivity index (χ0) is 70.7. The van der Waals surface area contributed by atoms with Gasteiger partial charge in [0.25, 0.3) is 0 Å². The number of carbonyl (C=O) groups excluding carboxylic acids is 11. The summed E-state index contributed by atoms with van der Waals surface area (Å²) in [6.45, 7) is 32.5. The molecular weight excluding hydrogens is 1180 g/mol. The maximum absolute atomic E-state index is 15.3. The minimum absolute atomic E-state index is 0.00694. The lowest BCUT2D eigenvalue weighted by Crippen LogP contribution is -2.64. The van der Waals surface area contributed by atoms with E-state index in [0.717, 1.165) is 4.90 Å². The largest absolute Gasteiger partial charge is 0.390 e. The Morgan fingerprint density at radius 1 is 0.489 bits per heavy atom. The van der Waals surface area contributed by atoms with E-state index in [4.69, 9.17) is 4.74 Å². The third-order valence-corrected chi connectivity index (χ3v) is 18.3. The average Bonchev–Trinajstić information content (AvgIpc) is 0.865. The second kappa shape index (κ2) is 37.6. The third kappa shape index (κ3) is 22.2. The van der Waals surface area contributed by atoms with Crippen LogP contribution in [0.3, 0.4) is 0 Å². The first-order valence-electron chi connectivity index (χ1n) is 33.4. The monoisotopic (exact) mass is 1300 g/mol. The fourth-order valence-corrected chi connectivity index (χ4v) is 12.2. The molecule has 0 saturated carbocycles. The third-order valence-electron chi connectivity index (χ3n) is 18.3.